The Bertz CT molecular complexity index is 313. The first-order valence-corrected chi connectivity index (χ1v) is 6.93. The van der Waals surface area contributed by atoms with Crippen molar-refractivity contribution in [3.8, 4) is 0 Å². The zero-order chi connectivity index (χ0) is 13.0. The molecule has 1 atom stereocenters. The molecule has 0 radical (unpaired) electrons. The van der Waals surface area contributed by atoms with E-state index in [2.05, 4.69) is 5.32 Å². The summed E-state index contributed by atoms with van der Waals surface area (Å²) in [4.78, 5) is 27.5. The van der Waals surface area contributed by atoms with Crippen LogP contribution >= 0.6 is 0 Å². The number of hydrogen-bond donors (Lipinski definition) is 1. The van der Waals surface area contributed by atoms with Gasteiger partial charge in [0.15, 0.2) is 0 Å². The second kappa shape index (κ2) is 6.18. The molecule has 1 N–H and O–H groups in total. The SMILES string of the molecule is CC(=O)N1CCCN(C(=O)[C@H]2CCCNC2)CC1. The van der Waals surface area contributed by atoms with Crippen LogP contribution in [0.4, 0.5) is 0 Å². The van der Waals surface area contributed by atoms with Crippen molar-refractivity contribution in [2.24, 2.45) is 5.92 Å². The van der Waals surface area contributed by atoms with Crippen molar-refractivity contribution in [1.82, 2.24) is 15.1 Å². The van der Waals surface area contributed by atoms with Crippen LogP contribution in [0.15, 0.2) is 0 Å². The van der Waals surface area contributed by atoms with E-state index in [9.17, 15) is 9.59 Å². The average Bonchev–Trinajstić information content (AvgIpc) is 2.64. The van der Waals surface area contributed by atoms with Crippen molar-refractivity contribution >= 4 is 11.8 Å². The molecule has 18 heavy (non-hydrogen) atoms. The summed E-state index contributed by atoms with van der Waals surface area (Å²) in [7, 11) is 0. The van der Waals surface area contributed by atoms with Gasteiger partial charge in [-0.1, -0.05) is 0 Å². The van der Waals surface area contributed by atoms with Crippen LogP contribution in [0.1, 0.15) is 26.2 Å². The lowest BCUT2D eigenvalue weighted by atomic mass is 9.98. The lowest BCUT2D eigenvalue weighted by Crippen LogP contribution is -2.44. The number of nitrogens with one attached hydrogen (secondary N) is 1. The highest BCUT2D eigenvalue weighted by molar-refractivity contribution is 5.79. The molecule has 0 aromatic carbocycles. The summed E-state index contributed by atoms with van der Waals surface area (Å²) in [6, 6.07) is 0. The van der Waals surface area contributed by atoms with Crippen LogP contribution in [0, 0.1) is 5.92 Å². The van der Waals surface area contributed by atoms with E-state index in [1.165, 1.54) is 0 Å². The zero-order valence-corrected chi connectivity index (χ0v) is 11.2. The van der Waals surface area contributed by atoms with Gasteiger partial charge in [0.1, 0.15) is 0 Å². The van der Waals surface area contributed by atoms with Gasteiger partial charge in [-0.25, -0.2) is 0 Å². The normalized spacial score (nSPS) is 25.7. The lowest BCUT2D eigenvalue weighted by molar-refractivity contribution is -0.136. The van der Waals surface area contributed by atoms with Crippen LogP contribution in [0.5, 0.6) is 0 Å². The zero-order valence-electron chi connectivity index (χ0n) is 11.2. The Labute approximate surface area is 108 Å². The molecule has 2 saturated heterocycles. The van der Waals surface area contributed by atoms with Crippen molar-refractivity contribution in [1.29, 1.82) is 0 Å². The number of carbonyl (C=O) groups is 2. The first-order valence-electron chi connectivity index (χ1n) is 6.93. The number of nitrogens with zero attached hydrogens (tertiary/aromatic N) is 2. The third-order valence-electron chi connectivity index (χ3n) is 3.90. The predicted molar refractivity (Wildman–Crippen MR) is 69.0 cm³/mol. The second-order valence-electron chi connectivity index (χ2n) is 5.23. The molecule has 0 unspecified atom stereocenters. The third-order valence-corrected chi connectivity index (χ3v) is 3.90. The quantitative estimate of drug-likeness (QED) is 0.719. The summed E-state index contributed by atoms with van der Waals surface area (Å²) in [6.45, 7) is 6.38. The lowest BCUT2D eigenvalue weighted by Gasteiger charge is -2.28. The van der Waals surface area contributed by atoms with Gasteiger partial charge in [0.05, 0.1) is 5.92 Å². The van der Waals surface area contributed by atoms with Crippen LogP contribution in [0.25, 0.3) is 0 Å². The summed E-state index contributed by atoms with van der Waals surface area (Å²) in [6.07, 6.45) is 2.98. The Morgan fingerprint density at radius 2 is 1.78 bits per heavy atom. The molecule has 0 saturated carbocycles. The molecule has 0 aromatic heterocycles. The summed E-state index contributed by atoms with van der Waals surface area (Å²) in [5.41, 5.74) is 0. The smallest absolute Gasteiger partial charge is 0.227 e. The van der Waals surface area contributed by atoms with Gasteiger partial charge < -0.3 is 15.1 Å². The van der Waals surface area contributed by atoms with Crippen LogP contribution < -0.4 is 5.32 Å². The molecule has 0 aromatic rings. The predicted octanol–water partition coefficient (Wildman–Crippen LogP) is 0.0668. The van der Waals surface area contributed by atoms with Crippen molar-refractivity contribution in [2.75, 3.05) is 39.3 Å². The van der Waals surface area contributed by atoms with Crippen LogP contribution in [-0.2, 0) is 9.59 Å². The summed E-state index contributed by atoms with van der Waals surface area (Å²) < 4.78 is 0. The molecular formula is C13H23N3O2. The highest BCUT2D eigenvalue weighted by Crippen LogP contribution is 2.15. The molecule has 2 rings (SSSR count). The van der Waals surface area contributed by atoms with Crippen LogP contribution in [0.3, 0.4) is 0 Å². The van der Waals surface area contributed by atoms with Crippen LogP contribution in [0.2, 0.25) is 0 Å². The maximum Gasteiger partial charge on any atom is 0.227 e. The minimum absolute atomic E-state index is 0.114. The van der Waals surface area contributed by atoms with E-state index in [4.69, 9.17) is 0 Å². The molecule has 2 amide bonds. The molecule has 0 aliphatic carbocycles. The Kier molecular flexibility index (Phi) is 4.58. The van der Waals surface area contributed by atoms with Gasteiger partial charge in [-0.05, 0) is 25.8 Å². The Hall–Kier alpha value is -1.10. The minimum atomic E-state index is 0.114. The Morgan fingerprint density at radius 3 is 2.44 bits per heavy atom. The van der Waals surface area contributed by atoms with Gasteiger partial charge in [-0.2, -0.15) is 0 Å². The van der Waals surface area contributed by atoms with Gasteiger partial charge >= 0.3 is 0 Å². The molecular weight excluding hydrogens is 230 g/mol. The van der Waals surface area contributed by atoms with E-state index in [0.29, 0.717) is 13.1 Å². The van der Waals surface area contributed by atoms with Crippen LogP contribution in [-0.4, -0.2) is 60.9 Å². The molecule has 2 fully saturated rings. The number of hydrogen-bond acceptors (Lipinski definition) is 3. The largest absolute Gasteiger partial charge is 0.341 e. The molecule has 2 heterocycles. The van der Waals surface area contributed by atoms with Gasteiger partial charge in [-0.3, -0.25) is 9.59 Å². The van der Waals surface area contributed by atoms with E-state index in [1.807, 2.05) is 9.80 Å². The molecule has 2 aliphatic heterocycles. The van der Waals surface area contributed by atoms with Crippen molar-refractivity contribution in [3.05, 3.63) is 0 Å². The molecule has 102 valence electrons. The third kappa shape index (κ3) is 3.22. The second-order valence-corrected chi connectivity index (χ2v) is 5.23. The fourth-order valence-electron chi connectivity index (χ4n) is 2.77. The van der Waals surface area contributed by atoms with Gasteiger partial charge in [0.2, 0.25) is 11.8 Å². The fourth-order valence-corrected chi connectivity index (χ4v) is 2.77. The highest BCUT2D eigenvalue weighted by Gasteiger charge is 2.27. The number of amides is 2. The number of piperidine rings is 1. The molecule has 0 bridgehead atoms. The van der Waals surface area contributed by atoms with Crippen molar-refractivity contribution in [3.63, 3.8) is 0 Å². The van der Waals surface area contributed by atoms with Gasteiger partial charge in [-0.15, -0.1) is 0 Å². The topological polar surface area (TPSA) is 52.7 Å². The van der Waals surface area contributed by atoms with E-state index >= 15 is 0 Å². The van der Waals surface area contributed by atoms with E-state index in [1.54, 1.807) is 6.92 Å². The maximum absolute atomic E-state index is 12.4. The number of rotatable bonds is 1. The van der Waals surface area contributed by atoms with Crippen molar-refractivity contribution in [2.45, 2.75) is 26.2 Å². The monoisotopic (exact) mass is 253 g/mol. The molecule has 2 aliphatic rings. The average molecular weight is 253 g/mol. The van der Waals surface area contributed by atoms with Crippen molar-refractivity contribution < 1.29 is 9.59 Å². The van der Waals surface area contributed by atoms with E-state index in [0.717, 1.165) is 45.4 Å². The summed E-state index contributed by atoms with van der Waals surface area (Å²) in [5, 5.41) is 3.29. The first kappa shape index (κ1) is 13.3. The minimum Gasteiger partial charge on any atom is -0.341 e. The highest BCUT2D eigenvalue weighted by atomic mass is 16.2. The summed E-state index contributed by atoms with van der Waals surface area (Å²) in [5.74, 6) is 0.527. The van der Waals surface area contributed by atoms with Gasteiger partial charge in [0.25, 0.3) is 0 Å². The molecule has 0 spiro atoms. The number of carbonyl (C=O) groups excluding carboxylic acids is 2. The Morgan fingerprint density at radius 1 is 1.06 bits per heavy atom. The molecule has 5 heteroatoms. The fraction of sp³-hybridized carbons (Fsp3) is 0.846. The maximum atomic E-state index is 12.4. The van der Waals surface area contributed by atoms with Gasteiger partial charge in [0, 0.05) is 39.6 Å². The standard InChI is InChI=1S/C13H23N3O2/c1-11(17)15-6-3-7-16(9-8-15)13(18)12-4-2-5-14-10-12/h12,14H,2-10H2,1H3/t12-/m0/s1. The molecule has 5 nitrogen and oxygen atoms in total. The first-order chi connectivity index (χ1) is 8.68. The summed E-state index contributed by atoms with van der Waals surface area (Å²) >= 11 is 0. The Balaban J connectivity index is 1.88. The van der Waals surface area contributed by atoms with E-state index < -0.39 is 0 Å². The van der Waals surface area contributed by atoms with E-state index in [-0.39, 0.29) is 17.7 Å².